The number of carbonyl (C=O) groups is 4. The number of carbonyl (C=O) groups excluding carboxylic acids is 2. The van der Waals surface area contributed by atoms with Crippen LogP contribution >= 0.6 is 0 Å². The molecule has 0 aliphatic heterocycles. The summed E-state index contributed by atoms with van der Waals surface area (Å²) in [7, 11) is 0. The normalized spacial score (nSPS) is 13.2. The van der Waals surface area contributed by atoms with E-state index >= 15 is 0 Å². The van der Waals surface area contributed by atoms with Gasteiger partial charge in [0.15, 0.2) is 0 Å². The van der Waals surface area contributed by atoms with Gasteiger partial charge in [0.2, 0.25) is 0 Å². The molecule has 1 atom stereocenters. The fraction of sp³-hybridized carbons (Fsp3) is 0.625. The predicted molar refractivity (Wildman–Crippen MR) is 80.5 cm³/mol. The van der Waals surface area contributed by atoms with E-state index in [9.17, 15) is 29.4 Å². The topological polar surface area (TPSA) is 109 Å². The molecule has 0 spiro atoms. The molecule has 1 unspecified atom stereocenters. The minimum atomic E-state index is -1.42. The lowest BCUT2D eigenvalue weighted by Crippen LogP contribution is -2.24. The second-order valence-electron chi connectivity index (χ2n) is 5.38. The van der Waals surface area contributed by atoms with Gasteiger partial charge in [-0.1, -0.05) is 33.1 Å². The third-order valence-electron chi connectivity index (χ3n) is 3.43. The fourth-order valence-electron chi connectivity index (χ4n) is 2.22. The first-order valence-electron chi connectivity index (χ1n) is 7.44. The highest BCUT2D eigenvalue weighted by Gasteiger charge is 2.29. The second kappa shape index (κ2) is 9.87. The monoisotopic (exact) mass is 312 g/mol. The Hall–Kier alpha value is -1.98. The largest absolute Gasteiger partial charge is 0.478 e. The van der Waals surface area contributed by atoms with E-state index in [0.717, 1.165) is 19.3 Å². The lowest BCUT2D eigenvalue weighted by atomic mass is 9.88. The first-order valence-corrected chi connectivity index (χ1v) is 7.44. The SMILES string of the molecule is CCCCCC/C(C(=O)O)=C(/C(=O)O)C(C)C(=O)CC(C)=O. The van der Waals surface area contributed by atoms with E-state index in [0.29, 0.717) is 6.42 Å². The Morgan fingerprint density at radius 3 is 1.95 bits per heavy atom. The van der Waals surface area contributed by atoms with Gasteiger partial charge in [-0.15, -0.1) is 0 Å². The Morgan fingerprint density at radius 2 is 1.55 bits per heavy atom. The maximum absolute atomic E-state index is 11.9. The molecule has 0 heterocycles. The van der Waals surface area contributed by atoms with Crippen LogP contribution in [0.25, 0.3) is 0 Å². The van der Waals surface area contributed by atoms with Crippen LogP contribution in [-0.4, -0.2) is 33.7 Å². The molecule has 124 valence electrons. The van der Waals surface area contributed by atoms with Crippen LogP contribution in [0, 0.1) is 5.92 Å². The van der Waals surface area contributed by atoms with Crippen molar-refractivity contribution in [2.24, 2.45) is 5.92 Å². The number of unbranched alkanes of at least 4 members (excludes halogenated alkanes) is 3. The summed E-state index contributed by atoms with van der Waals surface area (Å²) in [5, 5.41) is 18.6. The van der Waals surface area contributed by atoms with Crippen LogP contribution in [0.5, 0.6) is 0 Å². The van der Waals surface area contributed by atoms with Crippen LogP contribution in [-0.2, 0) is 19.2 Å². The summed E-state index contributed by atoms with van der Waals surface area (Å²) in [5.74, 6) is -4.80. The number of Topliss-reactive ketones (excluding diaryl/α,β-unsaturated/α-hetero) is 2. The van der Waals surface area contributed by atoms with E-state index in [4.69, 9.17) is 0 Å². The third kappa shape index (κ3) is 6.65. The van der Waals surface area contributed by atoms with Gasteiger partial charge >= 0.3 is 11.9 Å². The average Bonchev–Trinajstić information content (AvgIpc) is 2.40. The van der Waals surface area contributed by atoms with Crippen molar-refractivity contribution < 1.29 is 29.4 Å². The van der Waals surface area contributed by atoms with Crippen LogP contribution in [0.1, 0.15) is 59.3 Å². The summed E-state index contributed by atoms with van der Waals surface area (Å²) in [6.07, 6.45) is 2.99. The number of carboxylic acids is 2. The summed E-state index contributed by atoms with van der Waals surface area (Å²) < 4.78 is 0. The van der Waals surface area contributed by atoms with Crippen molar-refractivity contribution in [2.75, 3.05) is 0 Å². The minimum Gasteiger partial charge on any atom is -0.478 e. The van der Waals surface area contributed by atoms with Gasteiger partial charge in [-0.3, -0.25) is 9.59 Å². The molecule has 22 heavy (non-hydrogen) atoms. The number of aliphatic carboxylic acids is 2. The summed E-state index contributed by atoms with van der Waals surface area (Å²) in [6.45, 7) is 4.58. The fourth-order valence-corrected chi connectivity index (χ4v) is 2.22. The van der Waals surface area contributed by atoms with Gasteiger partial charge in [0.1, 0.15) is 11.6 Å². The molecule has 0 aliphatic rings. The molecule has 0 amide bonds. The zero-order valence-electron chi connectivity index (χ0n) is 13.3. The Labute approximate surface area is 130 Å². The van der Waals surface area contributed by atoms with Crippen molar-refractivity contribution in [1.82, 2.24) is 0 Å². The Morgan fingerprint density at radius 1 is 0.955 bits per heavy atom. The van der Waals surface area contributed by atoms with Crippen molar-refractivity contribution in [3.05, 3.63) is 11.1 Å². The molecule has 0 aliphatic carbocycles. The predicted octanol–water partition coefficient (Wildman–Crippen LogP) is 2.61. The maximum Gasteiger partial charge on any atom is 0.332 e. The van der Waals surface area contributed by atoms with Gasteiger partial charge in [-0.25, -0.2) is 9.59 Å². The number of rotatable bonds is 11. The van der Waals surface area contributed by atoms with Gasteiger partial charge in [0.05, 0.1) is 12.0 Å². The highest BCUT2D eigenvalue weighted by Crippen LogP contribution is 2.23. The van der Waals surface area contributed by atoms with Crippen molar-refractivity contribution in [1.29, 1.82) is 0 Å². The molecule has 0 fully saturated rings. The van der Waals surface area contributed by atoms with E-state index in [1.54, 1.807) is 0 Å². The van der Waals surface area contributed by atoms with Crippen molar-refractivity contribution in [3.63, 3.8) is 0 Å². The summed E-state index contributed by atoms with van der Waals surface area (Å²) in [5.41, 5.74) is -0.650. The summed E-state index contributed by atoms with van der Waals surface area (Å²) in [4.78, 5) is 45.7. The van der Waals surface area contributed by atoms with Crippen LogP contribution in [0.4, 0.5) is 0 Å². The number of ketones is 2. The van der Waals surface area contributed by atoms with Gasteiger partial charge in [0, 0.05) is 11.5 Å². The Kier molecular flexibility index (Phi) is 8.98. The highest BCUT2D eigenvalue weighted by molar-refractivity contribution is 6.07. The summed E-state index contributed by atoms with van der Waals surface area (Å²) in [6, 6.07) is 0. The molecule has 6 nitrogen and oxygen atoms in total. The van der Waals surface area contributed by atoms with Gasteiger partial charge in [0.25, 0.3) is 0 Å². The lowest BCUT2D eigenvalue weighted by molar-refractivity contribution is -0.137. The van der Waals surface area contributed by atoms with Crippen LogP contribution in [0.15, 0.2) is 11.1 Å². The zero-order chi connectivity index (χ0) is 17.3. The zero-order valence-corrected chi connectivity index (χ0v) is 13.3. The molecule has 0 saturated heterocycles. The standard InChI is InChI=1S/C16H24O6/c1-4-5-6-7-8-12(15(19)20)14(16(21)22)11(3)13(18)9-10(2)17/h11H,4-9H2,1-3H3,(H,19,20)(H,21,22)/b14-12-. The second-order valence-corrected chi connectivity index (χ2v) is 5.38. The molecular weight excluding hydrogens is 288 g/mol. The third-order valence-corrected chi connectivity index (χ3v) is 3.43. The molecule has 0 saturated carbocycles. The van der Waals surface area contributed by atoms with Gasteiger partial charge in [-0.05, 0) is 19.8 Å². The first kappa shape index (κ1) is 20.0. The highest BCUT2D eigenvalue weighted by atomic mass is 16.4. The van der Waals surface area contributed by atoms with E-state index in [1.165, 1.54) is 13.8 Å². The van der Waals surface area contributed by atoms with E-state index < -0.39 is 29.2 Å². The molecule has 0 radical (unpaired) electrons. The molecule has 0 aromatic heterocycles. The number of carboxylic acid groups (broad SMARTS) is 2. The number of hydrogen-bond donors (Lipinski definition) is 2. The van der Waals surface area contributed by atoms with E-state index in [-0.39, 0.29) is 24.2 Å². The van der Waals surface area contributed by atoms with Gasteiger partial charge in [-0.2, -0.15) is 0 Å². The minimum absolute atomic E-state index is 0.106. The maximum atomic E-state index is 11.9. The summed E-state index contributed by atoms with van der Waals surface area (Å²) >= 11 is 0. The Bertz CT molecular complexity index is 475. The molecule has 0 aromatic carbocycles. The molecule has 0 rings (SSSR count). The molecular formula is C16H24O6. The van der Waals surface area contributed by atoms with Crippen LogP contribution < -0.4 is 0 Å². The quantitative estimate of drug-likeness (QED) is 0.345. The molecule has 6 heteroatoms. The van der Waals surface area contributed by atoms with Crippen molar-refractivity contribution >= 4 is 23.5 Å². The van der Waals surface area contributed by atoms with E-state index in [2.05, 4.69) is 0 Å². The average molecular weight is 312 g/mol. The molecule has 0 bridgehead atoms. The first-order chi connectivity index (χ1) is 10.2. The smallest absolute Gasteiger partial charge is 0.332 e. The van der Waals surface area contributed by atoms with Crippen molar-refractivity contribution in [3.8, 4) is 0 Å². The van der Waals surface area contributed by atoms with Crippen LogP contribution in [0.2, 0.25) is 0 Å². The van der Waals surface area contributed by atoms with Crippen molar-refractivity contribution in [2.45, 2.75) is 59.3 Å². The molecule has 0 aromatic rings. The molecule has 2 N–H and O–H groups in total. The lowest BCUT2D eigenvalue weighted by Gasteiger charge is -2.14. The Balaban J connectivity index is 5.40. The number of hydrogen-bond acceptors (Lipinski definition) is 4. The van der Waals surface area contributed by atoms with Gasteiger partial charge < -0.3 is 10.2 Å². The van der Waals surface area contributed by atoms with E-state index in [1.807, 2.05) is 6.92 Å². The van der Waals surface area contributed by atoms with Crippen LogP contribution in [0.3, 0.4) is 0 Å².